The third kappa shape index (κ3) is 3.75. The van der Waals surface area contributed by atoms with Gasteiger partial charge in [-0.2, -0.15) is 0 Å². The van der Waals surface area contributed by atoms with Crippen LogP contribution in [0.3, 0.4) is 0 Å². The van der Waals surface area contributed by atoms with Crippen molar-refractivity contribution < 1.29 is 9.18 Å². The van der Waals surface area contributed by atoms with E-state index in [-0.39, 0.29) is 24.7 Å². The first-order valence-electron chi connectivity index (χ1n) is 6.88. The van der Waals surface area contributed by atoms with Gasteiger partial charge >= 0.3 is 0 Å². The molecule has 23 heavy (non-hydrogen) atoms. The van der Waals surface area contributed by atoms with Crippen LogP contribution in [0.15, 0.2) is 36.5 Å². The second kappa shape index (κ2) is 7.05. The predicted molar refractivity (Wildman–Crippen MR) is 82.5 cm³/mol. The van der Waals surface area contributed by atoms with Gasteiger partial charge in [-0.3, -0.25) is 4.79 Å². The molecule has 0 radical (unpaired) electrons. The Balaban J connectivity index is 1.60. The summed E-state index contributed by atoms with van der Waals surface area (Å²) in [6.45, 7) is -0.228. The molecule has 1 aromatic carbocycles. The first-order chi connectivity index (χ1) is 11.3. The minimum absolute atomic E-state index is 0.0805. The zero-order valence-electron chi connectivity index (χ0n) is 12.0. The highest BCUT2D eigenvalue weighted by atomic mass is 32.1. The van der Waals surface area contributed by atoms with Crippen molar-refractivity contribution in [3.8, 4) is 10.6 Å². The van der Waals surface area contributed by atoms with Crippen LogP contribution in [-0.4, -0.2) is 37.8 Å². The topological polar surface area (TPSA) is 85.6 Å². The molecular weight excluding hydrogens is 319 g/mol. The molecule has 3 aromatic rings. The number of amides is 1. The Morgan fingerprint density at radius 2 is 2.04 bits per heavy atom. The highest BCUT2D eigenvalue weighted by Crippen LogP contribution is 2.22. The number of nitrogens with zero attached hydrogens (tertiary/aromatic N) is 5. The van der Waals surface area contributed by atoms with Crippen LogP contribution in [0.2, 0.25) is 0 Å². The van der Waals surface area contributed by atoms with E-state index >= 15 is 0 Å². The van der Waals surface area contributed by atoms with Gasteiger partial charge in [0.15, 0.2) is 5.69 Å². The minimum atomic E-state index is -0.558. The highest BCUT2D eigenvalue weighted by Gasteiger charge is 2.12. The molecule has 0 unspecified atom stereocenters. The first kappa shape index (κ1) is 15.2. The van der Waals surface area contributed by atoms with Gasteiger partial charge in [-0.15, -0.1) is 15.3 Å². The second-order valence-corrected chi connectivity index (χ2v) is 5.67. The van der Waals surface area contributed by atoms with Crippen LogP contribution in [0.5, 0.6) is 0 Å². The highest BCUT2D eigenvalue weighted by molar-refractivity contribution is 7.14. The van der Waals surface area contributed by atoms with Crippen LogP contribution in [-0.2, 0) is 13.1 Å². The largest absolute Gasteiger partial charge is 0.344 e. The van der Waals surface area contributed by atoms with Crippen molar-refractivity contribution >= 4 is 17.2 Å². The van der Waals surface area contributed by atoms with Crippen LogP contribution >= 0.6 is 11.3 Å². The molecule has 9 heteroatoms. The van der Waals surface area contributed by atoms with Crippen molar-refractivity contribution in [3.63, 3.8) is 0 Å². The number of hydrogen-bond acceptors (Lipinski definition) is 6. The van der Waals surface area contributed by atoms with Crippen molar-refractivity contribution in [1.82, 2.24) is 30.5 Å². The summed E-state index contributed by atoms with van der Waals surface area (Å²) in [5, 5.41) is 19.7. The third-order valence-electron chi connectivity index (χ3n) is 2.97. The van der Waals surface area contributed by atoms with Gasteiger partial charge in [0.05, 0.1) is 19.3 Å². The maximum absolute atomic E-state index is 12.2. The molecule has 2 heterocycles. The summed E-state index contributed by atoms with van der Waals surface area (Å²) >= 11 is 1.41. The lowest BCUT2D eigenvalue weighted by Gasteiger charge is -1.98. The average Bonchev–Trinajstić information content (AvgIpc) is 3.23. The Hall–Kier alpha value is -2.68. The lowest BCUT2D eigenvalue weighted by atomic mass is 10.2. The third-order valence-corrected chi connectivity index (χ3v) is 3.94. The molecular formula is C14H13FN6OS. The molecule has 0 aliphatic rings. The number of halogens is 1. The van der Waals surface area contributed by atoms with E-state index in [0.29, 0.717) is 5.01 Å². The molecule has 1 N–H and O–H groups in total. The number of carbonyl (C=O) groups is 1. The van der Waals surface area contributed by atoms with Gasteiger partial charge in [0, 0.05) is 5.56 Å². The fourth-order valence-corrected chi connectivity index (χ4v) is 2.65. The molecule has 0 atom stereocenters. The summed E-state index contributed by atoms with van der Waals surface area (Å²) in [6, 6.07) is 9.69. The lowest BCUT2D eigenvalue weighted by molar-refractivity contribution is 0.0945. The van der Waals surface area contributed by atoms with Crippen LogP contribution in [0.4, 0.5) is 4.39 Å². The molecule has 0 fully saturated rings. The van der Waals surface area contributed by atoms with Crippen molar-refractivity contribution in [2.45, 2.75) is 13.1 Å². The maximum atomic E-state index is 12.2. The minimum Gasteiger partial charge on any atom is -0.344 e. The van der Waals surface area contributed by atoms with Gasteiger partial charge in [0.2, 0.25) is 0 Å². The molecule has 7 nitrogen and oxygen atoms in total. The van der Waals surface area contributed by atoms with Gasteiger partial charge in [-0.1, -0.05) is 46.9 Å². The number of aromatic nitrogens is 5. The Morgan fingerprint density at radius 3 is 2.83 bits per heavy atom. The van der Waals surface area contributed by atoms with E-state index < -0.39 is 6.67 Å². The molecule has 118 valence electrons. The van der Waals surface area contributed by atoms with Crippen LogP contribution in [0.25, 0.3) is 10.6 Å². The van der Waals surface area contributed by atoms with E-state index in [1.807, 2.05) is 30.3 Å². The van der Waals surface area contributed by atoms with Crippen LogP contribution < -0.4 is 5.32 Å². The molecule has 1 amide bonds. The van der Waals surface area contributed by atoms with E-state index in [9.17, 15) is 9.18 Å². The summed E-state index contributed by atoms with van der Waals surface area (Å²) < 4.78 is 13.5. The molecule has 0 saturated carbocycles. The number of aryl methyl sites for hydroxylation is 1. The van der Waals surface area contributed by atoms with Crippen LogP contribution in [0, 0.1) is 0 Å². The average molecular weight is 332 g/mol. The molecule has 0 saturated heterocycles. The standard InChI is InChI=1S/C14H13FN6OS/c15-6-7-21-9-11(17-20-21)13(22)16-8-12-18-19-14(23-12)10-4-2-1-3-5-10/h1-5,9H,6-8H2,(H,16,22). The Morgan fingerprint density at radius 1 is 1.22 bits per heavy atom. The summed E-state index contributed by atoms with van der Waals surface area (Å²) in [7, 11) is 0. The van der Waals surface area contributed by atoms with Gasteiger partial charge < -0.3 is 5.32 Å². The fraction of sp³-hybridized carbons (Fsp3) is 0.214. The van der Waals surface area contributed by atoms with E-state index in [2.05, 4.69) is 25.8 Å². The van der Waals surface area contributed by atoms with Gasteiger partial charge in [0.25, 0.3) is 5.91 Å². The van der Waals surface area contributed by atoms with Crippen LogP contribution in [0.1, 0.15) is 15.5 Å². The number of hydrogen-bond donors (Lipinski definition) is 1. The maximum Gasteiger partial charge on any atom is 0.273 e. The Labute approximate surface area is 135 Å². The van der Waals surface area contributed by atoms with Gasteiger partial charge in [-0.25, -0.2) is 9.07 Å². The molecule has 3 rings (SSSR count). The molecule has 2 aromatic heterocycles. The fourth-order valence-electron chi connectivity index (χ4n) is 1.87. The Kier molecular flexibility index (Phi) is 4.67. The molecule has 0 bridgehead atoms. The molecule has 0 aliphatic carbocycles. The van der Waals surface area contributed by atoms with Crippen molar-refractivity contribution in [2.75, 3.05) is 6.67 Å². The normalized spacial score (nSPS) is 10.7. The van der Waals surface area contributed by atoms with Crippen molar-refractivity contribution in [1.29, 1.82) is 0 Å². The molecule has 0 spiro atoms. The number of rotatable bonds is 6. The monoisotopic (exact) mass is 332 g/mol. The van der Waals surface area contributed by atoms with Crippen molar-refractivity contribution in [2.24, 2.45) is 0 Å². The molecule has 0 aliphatic heterocycles. The SMILES string of the molecule is O=C(NCc1nnc(-c2ccccc2)s1)c1cn(CCF)nn1. The number of nitrogens with one attached hydrogen (secondary N) is 1. The zero-order chi connectivity index (χ0) is 16.1. The Bertz CT molecular complexity index is 787. The summed E-state index contributed by atoms with van der Waals surface area (Å²) in [4.78, 5) is 11.9. The smallest absolute Gasteiger partial charge is 0.273 e. The number of carbonyl (C=O) groups excluding carboxylic acids is 1. The lowest BCUT2D eigenvalue weighted by Crippen LogP contribution is -2.23. The summed E-state index contributed by atoms with van der Waals surface area (Å²) in [6.07, 6.45) is 1.41. The van der Waals surface area contributed by atoms with E-state index in [1.165, 1.54) is 22.2 Å². The van der Waals surface area contributed by atoms with Crippen molar-refractivity contribution in [3.05, 3.63) is 47.2 Å². The quantitative estimate of drug-likeness (QED) is 0.742. The summed E-state index contributed by atoms with van der Waals surface area (Å²) in [5.41, 5.74) is 1.13. The van der Waals surface area contributed by atoms with Gasteiger partial charge in [-0.05, 0) is 0 Å². The predicted octanol–water partition coefficient (Wildman–Crippen LogP) is 1.70. The van der Waals surface area contributed by atoms with E-state index in [1.54, 1.807) is 0 Å². The van der Waals surface area contributed by atoms with E-state index in [0.717, 1.165) is 10.6 Å². The summed E-state index contributed by atoms with van der Waals surface area (Å²) in [5.74, 6) is -0.383. The number of alkyl halides is 1. The van der Waals surface area contributed by atoms with E-state index in [4.69, 9.17) is 0 Å². The number of benzene rings is 1. The second-order valence-electron chi connectivity index (χ2n) is 4.61. The first-order valence-corrected chi connectivity index (χ1v) is 7.70. The van der Waals surface area contributed by atoms with Gasteiger partial charge in [0.1, 0.15) is 16.7 Å². The zero-order valence-corrected chi connectivity index (χ0v) is 12.8.